The molecule has 1 aliphatic rings. The number of amides is 2. The first-order chi connectivity index (χ1) is 13.4. The van der Waals surface area contributed by atoms with Crippen molar-refractivity contribution in [1.29, 1.82) is 0 Å². The third-order valence-corrected chi connectivity index (χ3v) is 5.23. The molecule has 11 heteroatoms. The molecule has 29 heavy (non-hydrogen) atoms. The lowest BCUT2D eigenvalue weighted by Gasteiger charge is -2.18. The third-order valence-electron chi connectivity index (χ3n) is 4.09. The van der Waals surface area contributed by atoms with E-state index >= 15 is 0 Å². The minimum Gasteiger partial charge on any atom is -0.406 e. The summed E-state index contributed by atoms with van der Waals surface area (Å²) in [7, 11) is -3.95. The smallest absolute Gasteiger partial charge is 0.406 e. The zero-order valence-corrected chi connectivity index (χ0v) is 15.9. The summed E-state index contributed by atoms with van der Waals surface area (Å²) in [5, 5.41) is 0. The highest BCUT2D eigenvalue weighted by atomic mass is 32.2. The molecule has 1 aliphatic heterocycles. The summed E-state index contributed by atoms with van der Waals surface area (Å²) in [6.07, 6.45) is -4.89. The first kappa shape index (κ1) is 20.6. The molecule has 154 valence electrons. The normalized spacial score (nSPS) is 14.2. The highest BCUT2D eigenvalue weighted by Crippen LogP contribution is 2.37. The maximum atomic E-state index is 12.9. The van der Waals surface area contributed by atoms with Crippen LogP contribution in [0.15, 0.2) is 36.4 Å². The van der Waals surface area contributed by atoms with E-state index in [0.29, 0.717) is 0 Å². The second kappa shape index (κ2) is 7.07. The predicted molar refractivity (Wildman–Crippen MR) is 95.5 cm³/mol. The van der Waals surface area contributed by atoms with Crippen molar-refractivity contribution in [3.8, 4) is 11.5 Å². The Morgan fingerprint density at radius 2 is 1.76 bits per heavy atom. The summed E-state index contributed by atoms with van der Waals surface area (Å²) in [6.45, 7) is 2.76. The summed E-state index contributed by atoms with van der Waals surface area (Å²) in [5.74, 6) is -2.74. The molecule has 0 aromatic heterocycles. The molecule has 0 spiro atoms. The minimum absolute atomic E-state index is 0.0371. The van der Waals surface area contributed by atoms with Gasteiger partial charge in [-0.25, -0.2) is 4.90 Å². The van der Waals surface area contributed by atoms with E-state index in [1.54, 1.807) is 0 Å². The number of alkyl halides is 3. The SMILES string of the molecule is CCS(=O)(=O)Oc1cccc2c1C(=O)N(c1ccc(OC(F)(F)F)cc1C)C2=O. The van der Waals surface area contributed by atoms with Crippen LogP contribution in [-0.2, 0) is 10.1 Å². The number of anilines is 1. The van der Waals surface area contributed by atoms with Crippen molar-refractivity contribution in [3.63, 3.8) is 0 Å². The van der Waals surface area contributed by atoms with E-state index in [4.69, 9.17) is 4.18 Å². The van der Waals surface area contributed by atoms with Gasteiger partial charge >= 0.3 is 16.5 Å². The average molecular weight is 429 g/mol. The molecule has 0 saturated heterocycles. The molecular formula is C18H14F3NO6S. The molecule has 0 bridgehead atoms. The van der Waals surface area contributed by atoms with Crippen molar-refractivity contribution >= 4 is 27.6 Å². The summed E-state index contributed by atoms with van der Waals surface area (Å²) in [4.78, 5) is 26.4. The Labute approximate surface area is 163 Å². The number of hydrogen-bond acceptors (Lipinski definition) is 6. The molecule has 0 unspecified atom stereocenters. The van der Waals surface area contributed by atoms with Gasteiger partial charge in [-0.3, -0.25) is 9.59 Å². The van der Waals surface area contributed by atoms with Crippen LogP contribution >= 0.6 is 0 Å². The van der Waals surface area contributed by atoms with Gasteiger partial charge in [0.15, 0.2) is 5.75 Å². The maximum Gasteiger partial charge on any atom is 0.573 e. The van der Waals surface area contributed by atoms with Gasteiger partial charge in [0.25, 0.3) is 11.8 Å². The minimum atomic E-state index is -4.89. The number of halogens is 3. The topological polar surface area (TPSA) is 90.0 Å². The van der Waals surface area contributed by atoms with Gasteiger partial charge in [-0.2, -0.15) is 8.42 Å². The van der Waals surface area contributed by atoms with Crippen molar-refractivity contribution in [2.75, 3.05) is 10.7 Å². The van der Waals surface area contributed by atoms with E-state index in [1.165, 1.54) is 32.0 Å². The number of fused-ring (bicyclic) bond motifs is 1. The number of carbonyl (C=O) groups excluding carboxylic acids is 2. The summed E-state index contributed by atoms with van der Waals surface area (Å²) in [6, 6.07) is 7.08. The second-order valence-electron chi connectivity index (χ2n) is 6.05. The quantitative estimate of drug-likeness (QED) is 0.535. The molecular weight excluding hydrogens is 415 g/mol. The number of hydrogen-bond donors (Lipinski definition) is 0. The highest BCUT2D eigenvalue weighted by Gasteiger charge is 2.40. The van der Waals surface area contributed by atoms with Crippen LogP contribution in [0.1, 0.15) is 33.2 Å². The van der Waals surface area contributed by atoms with Crippen LogP contribution in [-0.4, -0.2) is 32.3 Å². The number of aryl methyl sites for hydroxylation is 1. The van der Waals surface area contributed by atoms with Crippen LogP contribution in [0, 0.1) is 6.92 Å². The number of ether oxygens (including phenoxy) is 1. The third kappa shape index (κ3) is 4.04. The fourth-order valence-electron chi connectivity index (χ4n) is 2.81. The van der Waals surface area contributed by atoms with Gasteiger partial charge in [0, 0.05) is 0 Å². The summed E-state index contributed by atoms with van der Waals surface area (Å²) >= 11 is 0. The number of nitrogens with zero attached hydrogens (tertiary/aromatic N) is 1. The molecule has 0 atom stereocenters. The lowest BCUT2D eigenvalue weighted by Crippen LogP contribution is -2.30. The van der Waals surface area contributed by atoms with E-state index in [9.17, 15) is 31.2 Å². The molecule has 0 aliphatic carbocycles. The molecule has 7 nitrogen and oxygen atoms in total. The van der Waals surface area contributed by atoms with E-state index in [-0.39, 0.29) is 33.9 Å². The lowest BCUT2D eigenvalue weighted by atomic mass is 10.1. The zero-order valence-electron chi connectivity index (χ0n) is 15.1. The Bertz CT molecular complexity index is 1110. The molecule has 3 rings (SSSR count). The molecule has 0 radical (unpaired) electrons. The monoisotopic (exact) mass is 429 g/mol. The van der Waals surface area contributed by atoms with Gasteiger partial charge in [0.05, 0.1) is 22.6 Å². The Hall–Kier alpha value is -3.08. The second-order valence-corrected chi connectivity index (χ2v) is 7.91. The Kier molecular flexibility index (Phi) is 5.03. The summed E-state index contributed by atoms with van der Waals surface area (Å²) in [5.41, 5.74) is -0.0988. The fourth-order valence-corrected chi connectivity index (χ4v) is 3.34. The van der Waals surface area contributed by atoms with Crippen molar-refractivity contribution in [2.45, 2.75) is 20.2 Å². The fraction of sp³-hybridized carbons (Fsp3) is 0.222. The number of benzene rings is 2. The van der Waals surface area contributed by atoms with Gasteiger partial charge in [-0.05, 0) is 49.7 Å². The predicted octanol–water partition coefficient (Wildman–Crippen LogP) is 3.42. The van der Waals surface area contributed by atoms with Gasteiger partial charge < -0.3 is 8.92 Å². The standard InChI is InChI=1S/C18H14F3NO6S/c1-3-29(25,26)28-14-6-4-5-12-15(14)17(24)22(16(12)23)13-8-7-11(9-10(13)2)27-18(19,20)21/h4-9H,3H2,1-2H3. The molecule has 1 heterocycles. The van der Waals surface area contributed by atoms with E-state index in [0.717, 1.165) is 23.1 Å². The molecule has 2 aromatic carbocycles. The Morgan fingerprint density at radius 3 is 2.34 bits per heavy atom. The maximum absolute atomic E-state index is 12.9. The molecule has 0 saturated carbocycles. The highest BCUT2D eigenvalue weighted by molar-refractivity contribution is 7.87. The van der Waals surface area contributed by atoms with Crippen molar-refractivity contribution in [2.24, 2.45) is 0 Å². The van der Waals surface area contributed by atoms with Crippen LogP contribution in [0.25, 0.3) is 0 Å². The molecule has 0 N–H and O–H groups in total. The van der Waals surface area contributed by atoms with Crippen LogP contribution in [0.3, 0.4) is 0 Å². The van der Waals surface area contributed by atoms with Crippen LogP contribution in [0.4, 0.5) is 18.9 Å². The van der Waals surface area contributed by atoms with Crippen LogP contribution < -0.4 is 13.8 Å². The van der Waals surface area contributed by atoms with Gasteiger partial charge in [-0.15, -0.1) is 13.2 Å². The summed E-state index contributed by atoms with van der Waals surface area (Å²) < 4.78 is 69.5. The molecule has 2 amide bonds. The average Bonchev–Trinajstić information content (AvgIpc) is 2.86. The van der Waals surface area contributed by atoms with Crippen LogP contribution in [0.5, 0.6) is 11.5 Å². The van der Waals surface area contributed by atoms with Crippen molar-refractivity contribution in [3.05, 3.63) is 53.1 Å². The van der Waals surface area contributed by atoms with Gasteiger partial charge in [0.1, 0.15) is 5.75 Å². The largest absolute Gasteiger partial charge is 0.573 e. The van der Waals surface area contributed by atoms with Crippen molar-refractivity contribution in [1.82, 2.24) is 0 Å². The van der Waals surface area contributed by atoms with E-state index < -0.39 is 34.0 Å². The van der Waals surface area contributed by atoms with E-state index in [1.807, 2.05) is 0 Å². The van der Waals surface area contributed by atoms with Gasteiger partial charge in [0.2, 0.25) is 0 Å². The number of carbonyl (C=O) groups is 2. The number of rotatable bonds is 5. The van der Waals surface area contributed by atoms with Gasteiger partial charge in [-0.1, -0.05) is 6.07 Å². The lowest BCUT2D eigenvalue weighted by molar-refractivity contribution is -0.274. The number of imide groups is 1. The first-order valence-corrected chi connectivity index (χ1v) is 9.81. The van der Waals surface area contributed by atoms with Crippen LogP contribution in [0.2, 0.25) is 0 Å². The zero-order chi connectivity index (χ0) is 21.6. The Morgan fingerprint density at radius 1 is 1.07 bits per heavy atom. The first-order valence-electron chi connectivity index (χ1n) is 8.24. The molecule has 2 aromatic rings. The Balaban J connectivity index is 2.01. The van der Waals surface area contributed by atoms with E-state index in [2.05, 4.69) is 4.74 Å². The van der Waals surface area contributed by atoms with Crippen molar-refractivity contribution < 1.29 is 40.1 Å². The molecule has 0 fully saturated rings.